The van der Waals surface area contributed by atoms with Crippen LogP contribution in [0.2, 0.25) is 0 Å². The minimum atomic E-state index is 0.150. The third-order valence-electron chi connectivity index (χ3n) is 5.03. The van der Waals surface area contributed by atoms with Crippen molar-refractivity contribution in [1.29, 1.82) is 0 Å². The Labute approximate surface area is 137 Å². The summed E-state index contributed by atoms with van der Waals surface area (Å²) in [6.45, 7) is 4.40. The van der Waals surface area contributed by atoms with Gasteiger partial charge in [0.2, 0.25) is 0 Å². The Bertz CT molecular complexity index is 653. The quantitative estimate of drug-likeness (QED) is 0.867. The summed E-state index contributed by atoms with van der Waals surface area (Å²) < 4.78 is 6.05. The number of piperidine rings is 2. The molecule has 3 heterocycles. The summed E-state index contributed by atoms with van der Waals surface area (Å²) in [6, 6.07) is 8.91. The summed E-state index contributed by atoms with van der Waals surface area (Å²) in [5.74, 6) is 0.869. The molecule has 1 aromatic heterocycles. The van der Waals surface area contributed by atoms with Crippen LogP contribution in [0.25, 0.3) is 11.1 Å². The molecule has 23 heavy (non-hydrogen) atoms. The van der Waals surface area contributed by atoms with Crippen LogP contribution in [0.1, 0.15) is 31.2 Å². The van der Waals surface area contributed by atoms with Gasteiger partial charge in [-0.2, -0.15) is 0 Å². The second kappa shape index (κ2) is 6.28. The van der Waals surface area contributed by atoms with Gasteiger partial charge in [0, 0.05) is 31.0 Å². The van der Waals surface area contributed by atoms with Gasteiger partial charge in [0.25, 0.3) is 0 Å². The van der Waals surface area contributed by atoms with Gasteiger partial charge in [-0.25, -0.2) is 9.97 Å². The molecule has 1 aromatic carbocycles. The lowest BCUT2D eigenvalue weighted by Gasteiger charge is -2.42. The molecule has 3 atom stereocenters. The van der Waals surface area contributed by atoms with Crippen molar-refractivity contribution < 1.29 is 4.74 Å². The van der Waals surface area contributed by atoms with E-state index in [4.69, 9.17) is 4.74 Å². The molecule has 2 aromatic rings. The first-order valence-electron chi connectivity index (χ1n) is 8.58. The summed E-state index contributed by atoms with van der Waals surface area (Å²) in [5.41, 5.74) is 3.42. The lowest BCUT2D eigenvalue weighted by Crippen LogP contribution is -2.49. The average molecular weight is 309 g/mol. The number of ether oxygens (including phenoxy) is 1. The molecule has 0 radical (unpaired) electrons. The van der Waals surface area contributed by atoms with Gasteiger partial charge >= 0.3 is 6.01 Å². The standard InChI is InChI=1S/C19H23N3O/c1-14-4-7-16(8-5-14)17-11-20-19(21-12-17)23-18-9-6-15-3-2-10-22(18)13-15/h4-5,7-8,11-12,15,18H,2-3,6,9-10,13H2,1H3. The third kappa shape index (κ3) is 3.22. The molecule has 0 spiro atoms. The molecule has 2 fully saturated rings. The molecule has 2 aliphatic heterocycles. The molecule has 0 aliphatic carbocycles. The van der Waals surface area contributed by atoms with E-state index in [0.29, 0.717) is 6.01 Å². The summed E-state index contributed by atoms with van der Waals surface area (Å²) >= 11 is 0. The van der Waals surface area contributed by atoms with Gasteiger partial charge in [0.1, 0.15) is 0 Å². The molecular formula is C19H23N3O. The van der Waals surface area contributed by atoms with Crippen molar-refractivity contribution in [3.63, 3.8) is 0 Å². The van der Waals surface area contributed by atoms with E-state index in [1.165, 1.54) is 31.4 Å². The van der Waals surface area contributed by atoms with Gasteiger partial charge in [-0.05, 0) is 44.1 Å². The maximum Gasteiger partial charge on any atom is 0.317 e. The van der Waals surface area contributed by atoms with Crippen LogP contribution in [0.5, 0.6) is 6.01 Å². The Morgan fingerprint density at radius 1 is 1.00 bits per heavy atom. The van der Waals surface area contributed by atoms with Crippen LogP contribution < -0.4 is 4.74 Å². The topological polar surface area (TPSA) is 38.2 Å². The number of aromatic nitrogens is 2. The van der Waals surface area contributed by atoms with Crippen LogP contribution >= 0.6 is 0 Å². The first-order valence-corrected chi connectivity index (χ1v) is 8.58. The van der Waals surface area contributed by atoms with Gasteiger partial charge < -0.3 is 4.74 Å². The van der Waals surface area contributed by atoms with E-state index in [2.05, 4.69) is 46.1 Å². The van der Waals surface area contributed by atoms with E-state index < -0.39 is 0 Å². The van der Waals surface area contributed by atoms with Crippen LogP contribution in [-0.4, -0.2) is 34.2 Å². The molecule has 4 nitrogen and oxygen atoms in total. The van der Waals surface area contributed by atoms with Gasteiger partial charge in [-0.1, -0.05) is 29.8 Å². The minimum absolute atomic E-state index is 0.150. The number of nitrogens with zero attached hydrogens (tertiary/aromatic N) is 3. The Morgan fingerprint density at radius 3 is 2.57 bits per heavy atom. The number of benzene rings is 1. The second-order valence-electron chi connectivity index (χ2n) is 6.77. The summed E-state index contributed by atoms with van der Waals surface area (Å²) in [5, 5.41) is 0. The predicted octanol–water partition coefficient (Wildman–Crippen LogP) is 3.66. The van der Waals surface area contributed by atoms with Gasteiger partial charge in [0.15, 0.2) is 6.23 Å². The monoisotopic (exact) mass is 309 g/mol. The lowest BCUT2D eigenvalue weighted by molar-refractivity contribution is -0.0475. The Hall–Kier alpha value is -1.94. The summed E-state index contributed by atoms with van der Waals surface area (Å²) in [7, 11) is 0. The third-order valence-corrected chi connectivity index (χ3v) is 5.03. The first-order chi connectivity index (χ1) is 11.3. The molecule has 4 heteroatoms. The van der Waals surface area contributed by atoms with Gasteiger partial charge in [-0.3, -0.25) is 4.90 Å². The highest BCUT2D eigenvalue weighted by molar-refractivity contribution is 5.61. The van der Waals surface area contributed by atoms with Crippen LogP contribution in [0, 0.1) is 12.8 Å². The normalized spacial score (nSPS) is 26.7. The molecule has 3 unspecified atom stereocenters. The highest BCUT2D eigenvalue weighted by atomic mass is 16.5. The van der Waals surface area contributed by atoms with Crippen LogP contribution in [0.4, 0.5) is 0 Å². The molecule has 120 valence electrons. The van der Waals surface area contributed by atoms with E-state index in [1.54, 1.807) is 0 Å². The fraction of sp³-hybridized carbons (Fsp3) is 0.474. The second-order valence-corrected chi connectivity index (χ2v) is 6.77. The SMILES string of the molecule is Cc1ccc(-c2cnc(OC3CCC4CCCN3C4)nc2)cc1. The molecule has 2 aliphatic rings. The van der Waals surface area contributed by atoms with Crippen molar-refractivity contribution in [2.24, 2.45) is 5.92 Å². The first kappa shape index (κ1) is 14.6. The Kier molecular flexibility index (Phi) is 4.00. The molecule has 2 saturated heterocycles. The van der Waals surface area contributed by atoms with Crippen LogP contribution in [-0.2, 0) is 0 Å². The van der Waals surface area contributed by atoms with Crippen molar-refractivity contribution in [3.8, 4) is 17.1 Å². The zero-order valence-electron chi connectivity index (χ0n) is 13.6. The fourth-order valence-corrected chi connectivity index (χ4v) is 3.68. The molecular weight excluding hydrogens is 286 g/mol. The average Bonchev–Trinajstić information content (AvgIpc) is 2.59. The zero-order valence-corrected chi connectivity index (χ0v) is 13.6. The van der Waals surface area contributed by atoms with E-state index in [9.17, 15) is 0 Å². The largest absolute Gasteiger partial charge is 0.444 e. The van der Waals surface area contributed by atoms with E-state index in [-0.39, 0.29) is 6.23 Å². The highest BCUT2D eigenvalue weighted by Gasteiger charge is 2.32. The van der Waals surface area contributed by atoms with Crippen molar-refractivity contribution >= 4 is 0 Å². The molecule has 4 rings (SSSR count). The van der Waals surface area contributed by atoms with E-state index in [0.717, 1.165) is 30.0 Å². The number of fused-ring (bicyclic) bond motifs is 2. The minimum Gasteiger partial charge on any atom is -0.444 e. The Balaban J connectivity index is 1.45. The maximum atomic E-state index is 6.05. The van der Waals surface area contributed by atoms with E-state index in [1.807, 2.05) is 12.4 Å². The van der Waals surface area contributed by atoms with Crippen LogP contribution in [0.15, 0.2) is 36.7 Å². The molecule has 0 N–H and O–H groups in total. The molecule has 0 saturated carbocycles. The van der Waals surface area contributed by atoms with Crippen molar-refractivity contribution in [1.82, 2.24) is 14.9 Å². The number of rotatable bonds is 3. The van der Waals surface area contributed by atoms with Crippen molar-refractivity contribution in [3.05, 3.63) is 42.2 Å². The Morgan fingerprint density at radius 2 is 1.78 bits per heavy atom. The highest BCUT2D eigenvalue weighted by Crippen LogP contribution is 2.30. The van der Waals surface area contributed by atoms with Gasteiger partial charge in [0.05, 0.1) is 0 Å². The molecule has 0 amide bonds. The lowest BCUT2D eigenvalue weighted by atomic mass is 9.89. The van der Waals surface area contributed by atoms with Crippen molar-refractivity contribution in [2.45, 2.75) is 38.8 Å². The van der Waals surface area contributed by atoms with Crippen LogP contribution in [0.3, 0.4) is 0 Å². The number of aryl methyl sites for hydroxylation is 1. The zero-order chi connectivity index (χ0) is 15.6. The van der Waals surface area contributed by atoms with Gasteiger partial charge in [-0.15, -0.1) is 0 Å². The smallest absolute Gasteiger partial charge is 0.317 e. The maximum absolute atomic E-state index is 6.05. The number of hydrogen-bond donors (Lipinski definition) is 0. The predicted molar refractivity (Wildman–Crippen MR) is 90.2 cm³/mol. The summed E-state index contributed by atoms with van der Waals surface area (Å²) in [6.07, 6.45) is 8.89. The van der Waals surface area contributed by atoms with Crippen molar-refractivity contribution in [2.75, 3.05) is 13.1 Å². The molecule has 2 bridgehead atoms. The summed E-state index contributed by atoms with van der Waals surface area (Å²) in [4.78, 5) is 11.3. The number of hydrogen-bond acceptors (Lipinski definition) is 4. The van der Waals surface area contributed by atoms with E-state index >= 15 is 0 Å². The fourth-order valence-electron chi connectivity index (χ4n) is 3.68.